The average molecular weight is 458 g/mol. The number of anilines is 1. The summed E-state index contributed by atoms with van der Waals surface area (Å²) in [5.74, 6) is 0.554. The van der Waals surface area contributed by atoms with Crippen LogP contribution < -0.4 is 15.6 Å². The number of nitrogens with zero attached hydrogens (tertiary/aromatic N) is 2. The van der Waals surface area contributed by atoms with Gasteiger partial charge in [-0.15, -0.1) is 0 Å². The molecule has 164 valence electrons. The number of thioether (sulfide) groups is 1. The summed E-state index contributed by atoms with van der Waals surface area (Å²) < 4.78 is 12.5. The van der Waals surface area contributed by atoms with Crippen LogP contribution in [-0.2, 0) is 4.79 Å². The second-order valence-corrected chi connectivity index (χ2v) is 8.15. The molecule has 1 N–H and O–H groups in total. The van der Waals surface area contributed by atoms with E-state index < -0.39 is 0 Å². The molecule has 0 aliphatic rings. The number of carbonyl (C=O) groups excluding carboxylic acids is 1. The van der Waals surface area contributed by atoms with Crippen molar-refractivity contribution >= 4 is 45.4 Å². The number of ether oxygens (including phenoxy) is 1. The molecule has 0 fully saturated rings. The van der Waals surface area contributed by atoms with Gasteiger partial charge in [0.25, 0.3) is 0 Å². The molecule has 0 saturated heterocycles. The Morgan fingerprint density at radius 3 is 2.52 bits per heavy atom. The van der Waals surface area contributed by atoms with E-state index in [1.54, 1.807) is 37.4 Å². The fraction of sp³-hybridized carbons (Fsp3) is 0.0800. The summed E-state index contributed by atoms with van der Waals surface area (Å²) in [6, 6.07) is 23.7. The Bertz CT molecular complexity index is 1510. The minimum absolute atomic E-state index is 0.0821. The van der Waals surface area contributed by atoms with E-state index in [9.17, 15) is 9.59 Å². The molecule has 0 aliphatic heterocycles. The molecular formula is C25H19N3O4S. The van der Waals surface area contributed by atoms with E-state index >= 15 is 0 Å². The van der Waals surface area contributed by atoms with Crippen LogP contribution in [0.1, 0.15) is 0 Å². The Morgan fingerprint density at radius 1 is 1.03 bits per heavy atom. The van der Waals surface area contributed by atoms with Gasteiger partial charge in [0.15, 0.2) is 5.16 Å². The second kappa shape index (κ2) is 8.84. The van der Waals surface area contributed by atoms with E-state index in [-0.39, 0.29) is 22.8 Å². The SMILES string of the molecule is COc1ccc(-n2c(SCC(=O)Nc3ccccc3)nc3c(oc4ccccc43)c2=O)cc1. The monoisotopic (exact) mass is 457 g/mol. The number of rotatable bonds is 6. The summed E-state index contributed by atoms with van der Waals surface area (Å²) >= 11 is 1.19. The van der Waals surface area contributed by atoms with Crippen LogP contribution in [0.15, 0.2) is 93.2 Å². The molecule has 33 heavy (non-hydrogen) atoms. The van der Waals surface area contributed by atoms with E-state index in [4.69, 9.17) is 14.1 Å². The van der Waals surface area contributed by atoms with Gasteiger partial charge >= 0.3 is 5.56 Å². The second-order valence-electron chi connectivity index (χ2n) is 7.21. The smallest absolute Gasteiger partial charge is 0.302 e. The van der Waals surface area contributed by atoms with Gasteiger partial charge in [0, 0.05) is 11.1 Å². The molecule has 0 atom stereocenters. The van der Waals surface area contributed by atoms with Crippen molar-refractivity contribution in [2.45, 2.75) is 5.16 Å². The molecular weight excluding hydrogens is 438 g/mol. The maximum Gasteiger partial charge on any atom is 0.302 e. The number of furan rings is 1. The van der Waals surface area contributed by atoms with Gasteiger partial charge in [-0.05, 0) is 48.5 Å². The first-order valence-corrected chi connectivity index (χ1v) is 11.2. The number of nitrogens with one attached hydrogen (secondary N) is 1. The Morgan fingerprint density at radius 2 is 1.76 bits per heavy atom. The molecule has 2 aromatic heterocycles. The largest absolute Gasteiger partial charge is 0.497 e. The fourth-order valence-corrected chi connectivity index (χ4v) is 4.33. The molecule has 0 unspecified atom stereocenters. The molecule has 0 saturated carbocycles. The van der Waals surface area contributed by atoms with Crippen molar-refractivity contribution in [1.82, 2.24) is 9.55 Å². The number of methoxy groups -OCH3 is 1. The highest BCUT2D eigenvalue weighted by molar-refractivity contribution is 7.99. The Labute approximate surface area is 193 Å². The van der Waals surface area contributed by atoms with Crippen LogP contribution in [0.4, 0.5) is 5.69 Å². The molecule has 5 rings (SSSR count). The molecule has 0 bridgehead atoms. The topological polar surface area (TPSA) is 86.4 Å². The van der Waals surface area contributed by atoms with Gasteiger partial charge in [0.05, 0.1) is 18.6 Å². The zero-order chi connectivity index (χ0) is 22.8. The number of aromatic nitrogens is 2. The van der Waals surface area contributed by atoms with Crippen molar-refractivity contribution in [1.29, 1.82) is 0 Å². The highest BCUT2D eigenvalue weighted by atomic mass is 32.2. The lowest BCUT2D eigenvalue weighted by Gasteiger charge is -2.12. The van der Waals surface area contributed by atoms with Crippen LogP contribution in [0.2, 0.25) is 0 Å². The minimum atomic E-state index is -0.340. The molecule has 0 spiro atoms. The maximum absolute atomic E-state index is 13.5. The van der Waals surface area contributed by atoms with Crippen molar-refractivity contribution in [2.24, 2.45) is 0 Å². The van der Waals surface area contributed by atoms with Gasteiger partial charge in [0.1, 0.15) is 16.8 Å². The van der Waals surface area contributed by atoms with E-state index in [1.165, 1.54) is 16.3 Å². The third-order valence-corrected chi connectivity index (χ3v) is 6.02. The highest BCUT2D eigenvalue weighted by Gasteiger charge is 2.19. The lowest BCUT2D eigenvalue weighted by molar-refractivity contribution is -0.113. The quantitative estimate of drug-likeness (QED) is 0.289. The molecule has 2 heterocycles. The summed E-state index contributed by atoms with van der Waals surface area (Å²) in [5, 5.41) is 4.00. The summed E-state index contributed by atoms with van der Waals surface area (Å²) in [5.41, 5.74) is 2.20. The number of amides is 1. The fourth-order valence-electron chi connectivity index (χ4n) is 3.53. The van der Waals surface area contributed by atoms with Gasteiger partial charge in [-0.25, -0.2) is 4.98 Å². The van der Waals surface area contributed by atoms with E-state index in [0.29, 0.717) is 33.4 Å². The van der Waals surface area contributed by atoms with Crippen molar-refractivity contribution in [3.05, 3.63) is 89.2 Å². The predicted molar refractivity (Wildman–Crippen MR) is 129 cm³/mol. The highest BCUT2D eigenvalue weighted by Crippen LogP contribution is 2.29. The first-order valence-electron chi connectivity index (χ1n) is 10.2. The number of para-hydroxylation sites is 2. The predicted octanol–water partition coefficient (Wildman–Crippen LogP) is 4.87. The van der Waals surface area contributed by atoms with Gasteiger partial charge in [-0.3, -0.25) is 14.2 Å². The summed E-state index contributed by atoms with van der Waals surface area (Å²) in [7, 11) is 1.58. The van der Waals surface area contributed by atoms with Crippen LogP contribution in [0, 0.1) is 0 Å². The Kier molecular flexibility index (Phi) is 5.58. The maximum atomic E-state index is 13.5. The Hall–Kier alpha value is -4.04. The molecule has 0 aliphatic carbocycles. The van der Waals surface area contributed by atoms with Crippen molar-refractivity contribution in [2.75, 3.05) is 18.2 Å². The van der Waals surface area contributed by atoms with E-state index in [2.05, 4.69) is 5.32 Å². The zero-order valence-corrected chi connectivity index (χ0v) is 18.5. The number of benzene rings is 3. The van der Waals surface area contributed by atoms with Crippen molar-refractivity contribution < 1.29 is 13.9 Å². The first-order chi connectivity index (χ1) is 16.1. The van der Waals surface area contributed by atoms with Gasteiger partial charge in [0.2, 0.25) is 11.5 Å². The lowest BCUT2D eigenvalue weighted by Crippen LogP contribution is -2.22. The van der Waals surface area contributed by atoms with Crippen LogP contribution in [0.3, 0.4) is 0 Å². The summed E-state index contributed by atoms with van der Waals surface area (Å²) in [4.78, 5) is 30.8. The standard InChI is InChI=1S/C25H19N3O4S/c1-31-18-13-11-17(12-14-18)28-24(30)23-22(19-9-5-6-10-20(19)32-23)27-25(28)33-15-21(29)26-16-7-3-2-4-8-16/h2-14H,15H2,1H3,(H,26,29). The average Bonchev–Trinajstić information content (AvgIpc) is 3.23. The molecule has 3 aromatic carbocycles. The zero-order valence-electron chi connectivity index (χ0n) is 17.6. The van der Waals surface area contributed by atoms with Crippen molar-refractivity contribution in [3.63, 3.8) is 0 Å². The molecule has 7 nitrogen and oxygen atoms in total. The number of carbonyl (C=O) groups is 1. The number of fused-ring (bicyclic) bond motifs is 3. The van der Waals surface area contributed by atoms with Crippen LogP contribution >= 0.6 is 11.8 Å². The van der Waals surface area contributed by atoms with Gasteiger partial charge < -0.3 is 14.5 Å². The molecule has 1 amide bonds. The van der Waals surface area contributed by atoms with Crippen LogP contribution in [0.25, 0.3) is 27.8 Å². The summed E-state index contributed by atoms with van der Waals surface area (Å²) in [6.45, 7) is 0. The van der Waals surface area contributed by atoms with E-state index in [1.807, 2.05) is 48.5 Å². The Balaban J connectivity index is 1.57. The van der Waals surface area contributed by atoms with Crippen LogP contribution in [-0.4, -0.2) is 28.3 Å². The van der Waals surface area contributed by atoms with E-state index in [0.717, 1.165) is 5.39 Å². The van der Waals surface area contributed by atoms with Crippen molar-refractivity contribution in [3.8, 4) is 11.4 Å². The normalized spacial score (nSPS) is 11.1. The minimum Gasteiger partial charge on any atom is -0.497 e. The third-order valence-electron chi connectivity index (χ3n) is 5.09. The summed E-state index contributed by atoms with van der Waals surface area (Å²) in [6.07, 6.45) is 0. The molecule has 0 radical (unpaired) electrons. The molecule has 5 aromatic rings. The van der Waals surface area contributed by atoms with Crippen LogP contribution in [0.5, 0.6) is 5.75 Å². The first kappa shape index (κ1) is 20.8. The number of hydrogen-bond donors (Lipinski definition) is 1. The molecule has 8 heteroatoms. The number of hydrogen-bond acceptors (Lipinski definition) is 6. The third kappa shape index (κ3) is 4.08. The van der Waals surface area contributed by atoms with Gasteiger partial charge in [-0.2, -0.15) is 0 Å². The lowest BCUT2D eigenvalue weighted by atomic mass is 10.2. The van der Waals surface area contributed by atoms with Gasteiger partial charge in [-0.1, -0.05) is 42.1 Å².